The lowest BCUT2D eigenvalue weighted by Gasteiger charge is -0.412. The first kappa shape index (κ1) is 95.9. The van der Waals surface area contributed by atoms with Gasteiger partial charge in [-0.1, -0.05) is 0 Å². The molecule has 0 unspecified atom stereocenters. The van der Waals surface area contributed by atoms with E-state index in [4.69, 9.17) is 0 Å². The van der Waals surface area contributed by atoms with Crippen molar-refractivity contribution in [3.05, 3.63) is 0 Å². The van der Waals surface area contributed by atoms with E-state index in [1.165, 1.54) is 0 Å². The summed E-state index contributed by atoms with van der Waals surface area (Å²) in [7, 11) is 0. The highest BCUT2D eigenvalue weighted by Crippen LogP contribution is 0.420. The number of rotatable bonds is 0. The topological polar surface area (TPSA) is 31.5 Å². The van der Waals surface area contributed by atoms with Crippen molar-refractivity contribution in [1.82, 2.24) is 0 Å². The summed E-state index contributed by atoms with van der Waals surface area (Å²) in [6, 6.07) is 0. The van der Waals surface area contributed by atoms with Gasteiger partial charge in [-0.05, 0) is 11.0 Å². The third-order valence-corrected chi connectivity index (χ3v) is 0. The van der Waals surface area contributed by atoms with Gasteiger partial charge in [-0.15, -0.1) is 0 Å². The zero-order valence-corrected chi connectivity index (χ0v) is 0.908. The van der Waals surface area contributed by atoms with E-state index in [0.29, 0.717) is 0 Å². The average Bonchev–Trinajstić information content (AvgIpc) is 0. The summed E-state index contributed by atoms with van der Waals surface area (Å²) < 4.78 is 0. The molecule has 2 N–H and O–H groups in total. The fraction of sp³-hybridized carbons (Fsp3) is 0. The fourth-order valence-corrected chi connectivity index (χ4v) is 0. The Morgan fingerprint density at radius 2 is 1.00 bits per heavy atom. The Hall–Kier alpha value is 0.873. The van der Waals surface area contributed by atoms with Crippen LogP contribution >= 0.6 is 0 Å². The quantitative estimate of drug-likeness (QED) is 0.287. The van der Waals surface area contributed by atoms with E-state index < -0.39 is 0 Å². The molecule has 0 amide bonds. The van der Waals surface area contributed by atoms with Crippen molar-refractivity contribution in [2.75, 3.05) is 0 Å². The van der Waals surface area contributed by atoms with Crippen molar-refractivity contribution in [1.29, 1.82) is 0 Å². The zero-order chi connectivity index (χ0) is 0. The standard InChI is InChI=1S/FH.Mg.H2O.H4Si.2H/h1H;;1H2;1H4;;. The molecular formula is H9FMgOSi. The zero-order valence-electron chi connectivity index (χ0n) is 0.908. The molecule has 0 heterocycles. The minimum Gasteiger partial charge on any atom is -0.412 e. The maximum atomic E-state index is 0. The van der Waals surface area contributed by atoms with Crippen LogP contribution < -0.4 is 0 Å². The molecule has 0 aliphatic heterocycles. The Morgan fingerprint density at radius 3 is 1.00 bits per heavy atom. The van der Waals surface area contributed by atoms with Crippen LogP contribution in [0.25, 0.3) is 0 Å². The fourth-order valence-electron chi connectivity index (χ4n) is 0. The van der Waals surface area contributed by atoms with Gasteiger partial charge in [-0.25, -0.2) is 0 Å². The van der Waals surface area contributed by atoms with E-state index in [2.05, 4.69) is 0 Å². The van der Waals surface area contributed by atoms with Crippen LogP contribution in [0.4, 0.5) is 4.70 Å². The highest BCUT2D eigenvalue weighted by Gasteiger charge is 0.316. The lowest BCUT2D eigenvalue weighted by Crippen LogP contribution is -0.382. The van der Waals surface area contributed by atoms with Crippen LogP contribution in [-0.2, 0) is 0 Å². The Kier molecular flexibility index (Phi) is 1010. The molecule has 0 aromatic carbocycles. The Balaban J connectivity index is 0. The maximum absolute atomic E-state index is 0. The summed E-state index contributed by atoms with van der Waals surface area (Å²) in [6.45, 7) is 0. The second-order valence-corrected chi connectivity index (χ2v) is 0. The third kappa shape index (κ3) is 13.2. The van der Waals surface area contributed by atoms with Gasteiger partial charge in [0.2, 0.25) is 0 Å². The molecule has 0 saturated carbocycles. The van der Waals surface area contributed by atoms with Gasteiger partial charge in [0.15, 0.2) is 0 Å². The van der Waals surface area contributed by atoms with Gasteiger partial charge in [0, 0.05) is 0 Å². The van der Waals surface area contributed by atoms with E-state index in [1.54, 1.807) is 0 Å². The first-order valence-electron chi connectivity index (χ1n) is 0. The monoisotopic (exact) mass is 96.0 g/mol. The summed E-state index contributed by atoms with van der Waals surface area (Å²) in [6.07, 6.45) is 0. The van der Waals surface area contributed by atoms with Crippen molar-refractivity contribution in [3.8, 4) is 0 Å². The SMILES string of the molecule is F.O.[MgH2].[SiH4]. The molecule has 0 aromatic rings. The predicted octanol–water partition coefficient (Wildman–Crippen LogP) is -3.04. The highest BCUT2D eigenvalue weighted by atomic mass is 28.1. The van der Waals surface area contributed by atoms with Crippen LogP contribution in [0.3, 0.4) is 0 Å². The van der Waals surface area contributed by atoms with E-state index >= 15 is 0 Å². The molecule has 0 fully saturated rings. The van der Waals surface area contributed by atoms with Crippen LogP contribution in [0.2, 0.25) is 0 Å². The van der Waals surface area contributed by atoms with Crippen molar-refractivity contribution in [2.24, 2.45) is 0 Å². The van der Waals surface area contributed by atoms with Gasteiger partial charge >= 0.3 is 23.1 Å². The summed E-state index contributed by atoms with van der Waals surface area (Å²) in [5, 5.41) is 0. The van der Waals surface area contributed by atoms with Crippen molar-refractivity contribution < 1.29 is 10.2 Å². The normalized spacial score (nSPS) is 0. The van der Waals surface area contributed by atoms with Gasteiger partial charge in [0.05, 0.1) is 0 Å². The molecule has 0 spiro atoms. The first-order chi connectivity index (χ1) is 0. The number of hydrogen-bond acceptors (Lipinski definition) is 0. The second-order valence-electron chi connectivity index (χ2n) is 0. The Labute approximate surface area is 44.6 Å². The van der Waals surface area contributed by atoms with E-state index in [1.807, 2.05) is 0 Å². The summed E-state index contributed by atoms with van der Waals surface area (Å²) >= 11 is 0. The van der Waals surface area contributed by atoms with Crippen LogP contribution in [0, 0.1) is 0 Å². The van der Waals surface area contributed by atoms with Gasteiger partial charge in [0.1, 0.15) is 0 Å². The van der Waals surface area contributed by atoms with Crippen molar-refractivity contribution >= 4 is 34.0 Å². The third-order valence-electron chi connectivity index (χ3n) is 0. The summed E-state index contributed by atoms with van der Waals surface area (Å²) in [5.41, 5.74) is 0. The molecule has 0 rings (SSSR count). The van der Waals surface area contributed by atoms with Crippen molar-refractivity contribution in [2.45, 2.75) is 0 Å². The van der Waals surface area contributed by atoms with E-state index in [-0.39, 0.29) is 44.2 Å². The lowest BCUT2D eigenvalue weighted by atomic mass is 16.0. The molecule has 0 bridgehead atoms. The van der Waals surface area contributed by atoms with Gasteiger partial charge in [-0.3, -0.25) is 4.70 Å². The lowest BCUT2D eigenvalue weighted by molar-refractivity contribution is 0.824. The molecule has 0 radical (unpaired) electrons. The molecule has 4 heteroatoms. The molecule has 0 atom stereocenters. The molecule has 0 aliphatic carbocycles. The molecular weight excluding hydrogens is 87.4 g/mol. The van der Waals surface area contributed by atoms with Gasteiger partial charge in [-0.2, -0.15) is 0 Å². The predicted molar refractivity (Wildman–Crippen MR) is 26.0 cm³/mol. The Morgan fingerprint density at radius 1 is 1.00 bits per heavy atom. The smallest absolute Gasteiger partial charge is 0.316 e. The Bertz CT molecular complexity index is 8.00. The van der Waals surface area contributed by atoms with Crippen LogP contribution in [-0.4, -0.2) is 39.5 Å². The molecule has 0 aromatic heterocycles. The van der Waals surface area contributed by atoms with Crippen molar-refractivity contribution in [3.63, 3.8) is 0 Å². The van der Waals surface area contributed by atoms with Crippen LogP contribution in [0.1, 0.15) is 0 Å². The first-order valence-corrected chi connectivity index (χ1v) is 0. The van der Waals surface area contributed by atoms with Crippen LogP contribution in [0.5, 0.6) is 0 Å². The summed E-state index contributed by atoms with van der Waals surface area (Å²) in [5.74, 6) is 0. The maximum Gasteiger partial charge on any atom is 0.316 e. The molecule has 4 heavy (non-hydrogen) atoms. The minimum absolute atomic E-state index is 0. The number of halogens is 1. The minimum atomic E-state index is 0. The highest BCUT2D eigenvalue weighted by molar-refractivity contribution is 5.76. The summed E-state index contributed by atoms with van der Waals surface area (Å²) in [4.78, 5) is 0. The van der Waals surface area contributed by atoms with Gasteiger partial charge in [0.25, 0.3) is 0 Å². The molecule has 0 saturated heterocycles. The average molecular weight is 96.5 g/mol. The molecule has 28 valence electrons. The molecule has 1 nitrogen and oxygen atoms in total. The largest absolute Gasteiger partial charge is 0.412 e. The van der Waals surface area contributed by atoms with Crippen LogP contribution in [0.15, 0.2) is 0 Å². The molecule has 0 aliphatic rings. The van der Waals surface area contributed by atoms with E-state index in [0.717, 1.165) is 0 Å². The second kappa shape index (κ2) is 41.9. The van der Waals surface area contributed by atoms with Gasteiger partial charge < -0.3 is 5.48 Å². The number of hydrogen-bond donors (Lipinski definition) is 0. The van der Waals surface area contributed by atoms with E-state index in [9.17, 15) is 0 Å².